The fourth-order valence-corrected chi connectivity index (χ4v) is 1.48. The largest absolute Gasteiger partial charge is 0.479 e. The molecule has 0 heterocycles. The van der Waals surface area contributed by atoms with Crippen molar-refractivity contribution in [2.24, 2.45) is 0 Å². The lowest BCUT2D eigenvalue weighted by Gasteiger charge is -2.26. The zero-order valence-electron chi connectivity index (χ0n) is 10.1. The zero-order valence-corrected chi connectivity index (χ0v) is 10.1. The number of aliphatic carboxylic acids is 1. The minimum atomic E-state index is -1.24. The van der Waals surface area contributed by atoms with E-state index in [1.54, 1.807) is 13.0 Å². The van der Waals surface area contributed by atoms with Gasteiger partial charge in [-0.2, -0.15) is 0 Å². The van der Waals surface area contributed by atoms with Crippen LogP contribution in [0.15, 0.2) is 18.2 Å². The Morgan fingerprint density at radius 2 is 2.24 bits per heavy atom. The Hall–Kier alpha value is -1.62. The van der Waals surface area contributed by atoms with Crippen LogP contribution >= 0.6 is 0 Å². The van der Waals surface area contributed by atoms with E-state index < -0.39 is 11.5 Å². The van der Waals surface area contributed by atoms with Gasteiger partial charge in [0, 0.05) is 12.8 Å². The molecule has 1 rings (SSSR count). The number of hydrogen-bond acceptors (Lipinski definition) is 3. The second-order valence-electron chi connectivity index (χ2n) is 4.16. The molecule has 0 aromatic heterocycles. The molecule has 0 aliphatic rings. The summed E-state index contributed by atoms with van der Waals surface area (Å²) >= 11 is 0. The Balaban J connectivity index is 2.94. The number of halogens is 1. The van der Waals surface area contributed by atoms with Crippen molar-refractivity contribution >= 4 is 11.7 Å². The van der Waals surface area contributed by atoms with Crippen LogP contribution in [0.3, 0.4) is 0 Å². The summed E-state index contributed by atoms with van der Waals surface area (Å²) in [5, 5.41) is 12.0. The van der Waals surface area contributed by atoms with Crippen LogP contribution in [0.1, 0.15) is 12.5 Å². The predicted molar refractivity (Wildman–Crippen MR) is 62.7 cm³/mol. The van der Waals surface area contributed by atoms with Gasteiger partial charge in [-0.15, -0.1) is 0 Å². The average molecular weight is 241 g/mol. The lowest BCUT2D eigenvalue weighted by Crippen LogP contribution is -2.47. The number of hydrogen-bond donors (Lipinski definition) is 2. The van der Waals surface area contributed by atoms with Gasteiger partial charge in [0.1, 0.15) is 5.82 Å². The Morgan fingerprint density at radius 3 is 2.71 bits per heavy atom. The van der Waals surface area contributed by atoms with Gasteiger partial charge in [0.25, 0.3) is 0 Å². The summed E-state index contributed by atoms with van der Waals surface area (Å²) in [5.74, 6) is -1.35. The van der Waals surface area contributed by atoms with E-state index in [-0.39, 0.29) is 12.4 Å². The molecule has 1 aromatic rings. The van der Waals surface area contributed by atoms with Gasteiger partial charge in [-0.1, -0.05) is 0 Å². The first-order valence-electron chi connectivity index (χ1n) is 5.16. The molecule has 0 amide bonds. The molecule has 0 radical (unpaired) electrons. The normalized spacial score (nSPS) is 14.1. The van der Waals surface area contributed by atoms with E-state index in [0.29, 0.717) is 11.3 Å². The van der Waals surface area contributed by atoms with E-state index in [0.717, 1.165) is 0 Å². The topological polar surface area (TPSA) is 58.6 Å². The van der Waals surface area contributed by atoms with Crippen LogP contribution in [0, 0.1) is 12.7 Å². The Labute approximate surface area is 99.4 Å². The van der Waals surface area contributed by atoms with Crippen molar-refractivity contribution < 1.29 is 19.0 Å². The van der Waals surface area contributed by atoms with Crippen LogP contribution in [0.2, 0.25) is 0 Å². The van der Waals surface area contributed by atoms with Gasteiger partial charge in [-0.3, -0.25) is 0 Å². The first-order chi connectivity index (χ1) is 7.89. The van der Waals surface area contributed by atoms with Gasteiger partial charge in [-0.05, 0) is 37.6 Å². The highest BCUT2D eigenvalue weighted by molar-refractivity contribution is 5.82. The molecule has 0 saturated heterocycles. The van der Waals surface area contributed by atoms with Gasteiger partial charge in [0.15, 0.2) is 5.54 Å². The van der Waals surface area contributed by atoms with Crippen LogP contribution in [0.5, 0.6) is 0 Å². The molecule has 1 atom stereocenters. The Bertz CT molecular complexity index is 422. The molecule has 5 heteroatoms. The smallest absolute Gasteiger partial charge is 0.331 e. The summed E-state index contributed by atoms with van der Waals surface area (Å²) in [5.41, 5.74) is -0.232. The summed E-state index contributed by atoms with van der Waals surface area (Å²) in [6.07, 6.45) is 0. The van der Waals surface area contributed by atoms with Crippen molar-refractivity contribution in [1.82, 2.24) is 0 Å². The quantitative estimate of drug-likeness (QED) is 0.828. The molecule has 0 aliphatic heterocycles. The summed E-state index contributed by atoms with van der Waals surface area (Å²) in [6, 6.07) is 4.36. The molecule has 1 unspecified atom stereocenters. The molecule has 0 spiro atoms. The minimum absolute atomic E-state index is 0.0127. The number of carbonyl (C=O) groups is 1. The maximum Gasteiger partial charge on any atom is 0.331 e. The van der Waals surface area contributed by atoms with Gasteiger partial charge in [0.05, 0.1) is 6.61 Å². The number of ether oxygens (including phenoxy) is 1. The first-order valence-corrected chi connectivity index (χ1v) is 5.16. The monoisotopic (exact) mass is 241 g/mol. The van der Waals surface area contributed by atoms with Gasteiger partial charge in [0.2, 0.25) is 0 Å². The zero-order chi connectivity index (χ0) is 13.1. The molecule has 94 valence electrons. The molecule has 0 aliphatic carbocycles. The highest BCUT2D eigenvalue weighted by Crippen LogP contribution is 2.19. The molecule has 1 aromatic carbocycles. The summed E-state index contributed by atoms with van der Waals surface area (Å²) in [7, 11) is 1.43. The molecule has 0 saturated carbocycles. The maximum absolute atomic E-state index is 13.1. The van der Waals surface area contributed by atoms with Crippen LogP contribution in [0.4, 0.5) is 10.1 Å². The van der Waals surface area contributed by atoms with Crippen molar-refractivity contribution in [2.45, 2.75) is 19.4 Å². The van der Waals surface area contributed by atoms with E-state index in [9.17, 15) is 9.18 Å². The van der Waals surface area contributed by atoms with Gasteiger partial charge < -0.3 is 15.2 Å². The minimum Gasteiger partial charge on any atom is -0.479 e. The number of carboxylic acid groups (broad SMARTS) is 1. The van der Waals surface area contributed by atoms with Crippen molar-refractivity contribution in [3.63, 3.8) is 0 Å². The fraction of sp³-hybridized carbons (Fsp3) is 0.417. The van der Waals surface area contributed by atoms with E-state index in [2.05, 4.69) is 5.32 Å². The Morgan fingerprint density at radius 1 is 1.59 bits per heavy atom. The molecule has 0 fully saturated rings. The number of anilines is 1. The summed E-state index contributed by atoms with van der Waals surface area (Å²) < 4.78 is 17.9. The predicted octanol–water partition coefficient (Wildman–Crippen LogP) is 2.04. The molecule has 17 heavy (non-hydrogen) atoms. The molecular weight excluding hydrogens is 225 g/mol. The summed E-state index contributed by atoms with van der Waals surface area (Å²) in [6.45, 7) is 3.14. The van der Waals surface area contributed by atoms with Crippen LogP contribution in [-0.2, 0) is 9.53 Å². The van der Waals surface area contributed by atoms with Crippen LogP contribution in [0.25, 0.3) is 0 Å². The second-order valence-corrected chi connectivity index (χ2v) is 4.16. The van der Waals surface area contributed by atoms with Crippen molar-refractivity contribution in [3.05, 3.63) is 29.6 Å². The standard InChI is InChI=1S/C12H16FNO3/c1-8-6-9(4-5-10(8)13)14-12(2,7-17-3)11(15)16/h4-6,14H,7H2,1-3H3,(H,15,16). The number of benzene rings is 1. The van der Waals surface area contributed by atoms with Gasteiger partial charge >= 0.3 is 5.97 Å². The maximum atomic E-state index is 13.1. The lowest BCUT2D eigenvalue weighted by atomic mass is 10.0. The second kappa shape index (κ2) is 5.14. The highest BCUT2D eigenvalue weighted by Gasteiger charge is 2.33. The van der Waals surface area contributed by atoms with E-state index >= 15 is 0 Å². The van der Waals surface area contributed by atoms with Crippen molar-refractivity contribution in [1.29, 1.82) is 0 Å². The fourth-order valence-electron chi connectivity index (χ4n) is 1.48. The Kier molecular flexibility index (Phi) is 4.07. The number of methoxy groups -OCH3 is 1. The number of rotatable bonds is 5. The third kappa shape index (κ3) is 3.17. The highest BCUT2D eigenvalue weighted by atomic mass is 19.1. The molecular formula is C12H16FNO3. The van der Waals surface area contributed by atoms with E-state index in [1.165, 1.54) is 26.2 Å². The average Bonchev–Trinajstić information content (AvgIpc) is 2.23. The van der Waals surface area contributed by atoms with Crippen LogP contribution in [-0.4, -0.2) is 30.3 Å². The van der Waals surface area contributed by atoms with Crippen molar-refractivity contribution in [2.75, 3.05) is 19.0 Å². The van der Waals surface area contributed by atoms with E-state index in [1.807, 2.05) is 0 Å². The third-order valence-corrected chi connectivity index (χ3v) is 2.48. The van der Waals surface area contributed by atoms with Crippen LogP contribution < -0.4 is 5.32 Å². The first kappa shape index (κ1) is 13.4. The summed E-state index contributed by atoms with van der Waals surface area (Å²) in [4.78, 5) is 11.2. The van der Waals surface area contributed by atoms with Crippen molar-refractivity contribution in [3.8, 4) is 0 Å². The van der Waals surface area contributed by atoms with Gasteiger partial charge in [-0.25, -0.2) is 9.18 Å². The molecule has 0 bridgehead atoms. The molecule has 4 nitrogen and oxygen atoms in total. The third-order valence-electron chi connectivity index (χ3n) is 2.48. The lowest BCUT2D eigenvalue weighted by molar-refractivity contribution is -0.143. The number of nitrogens with one attached hydrogen (secondary N) is 1. The SMILES string of the molecule is COCC(C)(Nc1ccc(F)c(C)c1)C(=O)O. The number of aryl methyl sites for hydroxylation is 1. The number of carboxylic acids is 1. The van der Waals surface area contributed by atoms with E-state index in [4.69, 9.17) is 9.84 Å². The molecule has 2 N–H and O–H groups in total.